The van der Waals surface area contributed by atoms with Gasteiger partial charge in [-0.25, -0.2) is 4.39 Å². The molecule has 0 unspecified atom stereocenters. The standard InChI is InChI=1S/C14H15FN2/c15-13-7-3-5-11(9-17)14(13)12-6-2-1-4-10(12)8-16/h1-7H,8-9,16-17H2. The van der Waals surface area contributed by atoms with E-state index in [0.29, 0.717) is 18.7 Å². The Kier molecular flexibility index (Phi) is 3.52. The van der Waals surface area contributed by atoms with Crippen molar-refractivity contribution in [2.45, 2.75) is 13.1 Å². The molecule has 0 spiro atoms. The van der Waals surface area contributed by atoms with E-state index in [1.54, 1.807) is 6.07 Å². The number of hydrogen-bond donors (Lipinski definition) is 2. The molecule has 0 bridgehead atoms. The molecular weight excluding hydrogens is 215 g/mol. The molecule has 0 radical (unpaired) electrons. The Morgan fingerprint density at radius 2 is 1.47 bits per heavy atom. The number of rotatable bonds is 3. The van der Waals surface area contributed by atoms with Crippen molar-refractivity contribution in [3.05, 3.63) is 59.4 Å². The highest BCUT2D eigenvalue weighted by molar-refractivity contribution is 5.71. The van der Waals surface area contributed by atoms with Crippen molar-refractivity contribution in [1.82, 2.24) is 0 Å². The van der Waals surface area contributed by atoms with Crippen LogP contribution >= 0.6 is 0 Å². The molecule has 0 aliphatic carbocycles. The lowest BCUT2D eigenvalue weighted by Gasteiger charge is -2.12. The van der Waals surface area contributed by atoms with Gasteiger partial charge in [0, 0.05) is 18.7 Å². The molecule has 0 aliphatic rings. The van der Waals surface area contributed by atoms with Gasteiger partial charge in [-0.1, -0.05) is 36.4 Å². The highest BCUT2D eigenvalue weighted by Gasteiger charge is 2.12. The molecule has 2 nitrogen and oxygen atoms in total. The van der Waals surface area contributed by atoms with Crippen LogP contribution in [0.5, 0.6) is 0 Å². The van der Waals surface area contributed by atoms with Crippen LogP contribution in [0.2, 0.25) is 0 Å². The molecule has 0 saturated carbocycles. The first kappa shape index (κ1) is 11.8. The third-order valence-corrected chi connectivity index (χ3v) is 2.83. The predicted octanol–water partition coefficient (Wildman–Crippen LogP) is 2.41. The van der Waals surface area contributed by atoms with Crippen molar-refractivity contribution in [3.8, 4) is 11.1 Å². The van der Waals surface area contributed by atoms with Crippen LogP contribution in [0.15, 0.2) is 42.5 Å². The van der Waals surface area contributed by atoms with Gasteiger partial charge in [0.25, 0.3) is 0 Å². The van der Waals surface area contributed by atoms with E-state index in [2.05, 4.69) is 0 Å². The third kappa shape index (κ3) is 2.20. The van der Waals surface area contributed by atoms with E-state index in [9.17, 15) is 4.39 Å². The lowest BCUT2D eigenvalue weighted by molar-refractivity contribution is 0.629. The van der Waals surface area contributed by atoms with E-state index < -0.39 is 0 Å². The SMILES string of the molecule is NCc1ccccc1-c1c(F)cccc1CN. The Morgan fingerprint density at radius 1 is 0.824 bits per heavy atom. The van der Waals surface area contributed by atoms with E-state index in [1.807, 2.05) is 30.3 Å². The minimum absolute atomic E-state index is 0.256. The summed E-state index contributed by atoms with van der Waals surface area (Å²) in [6.45, 7) is 0.695. The van der Waals surface area contributed by atoms with Crippen LogP contribution in [-0.4, -0.2) is 0 Å². The first-order valence-electron chi connectivity index (χ1n) is 5.53. The number of nitrogens with two attached hydrogens (primary N) is 2. The second kappa shape index (κ2) is 5.08. The molecular formula is C14H15FN2. The molecule has 88 valence electrons. The summed E-state index contributed by atoms with van der Waals surface area (Å²) in [4.78, 5) is 0. The number of hydrogen-bond acceptors (Lipinski definition) is 2. The predicted molar refractivity (Wildman–Crippen MR) is 67.6 cm³/mol. The molecule has 0 fully saturated rings. The van der Waals surface area contributed by atoms with E-state index in [0.717, 1.165) is 16.7 Å². The summed E-state index contributed by atoms with van der Waals surface area (Å²) < 4.78 is 13.9. The van der Waals surface area contributed by atoms with Crippen LogP contribution < -0.4 is 11.5 Å². The first-order valence-corrected chi connectivity index (χ1v) is 5.53. The normalized spacial score (nSPS) is 10.5. The Morgan fingerprint density at radius 3 is 2.18 bits per heavy atom. The quantitative estimate of drug-likeness (QED) is 0.850. The zero-order valence-corrected chi connectivity index (χ0v) is 9.49. The fraction of sp³-hybridized carbons (Fsp3) is 0.143. The van der Waals surface area contributed by atoms with Gasteiger partial charge in [0.05, 0.1) is 0 Å². The van der Waals surface area contributed by atoms with Gasteiger partial charge >= 0.3 is 0 Å². The van der Waals surface area contributed by atoms with Crippen molar-refractivity contribution in [2.75, 3.05) is 0 Å². The van der Waals surface area contributed by atoms with Gasteiger partial charge in [-0.15, -0.1) is 0 Å². The second-order valence-electron chi connectivity index (χ2n) is 3.84. The summed E-state index contributed by atoms with van der Waals surface area (Å²) in [5, 5.41) is 0. The van der Waals surface area contributed by atoms with Gasteiger partial charge in [-0.05, 0) is 22.8 Å². The van der Waals surface area contributed by atoms with E-state index in [4.69, 9.17) is 11.5 Å². The van der Waals surface area contributed by atoms with Gasteiger partial charge in [0.15, 0.2) is 0 Å². The van der Waals surface area contributed by atoms with E-state index in [-0.39, 0.29) is 5.82 Å². The van der Waals surface area contributed by atoms with E-state index >= 15 is 0 Å². The lowest BCUT2D eigenvalue weighted by atomic mass is 9.95. The number of benzene rings is 2. The molecule has 0 aromatic heterocycles. The Hall–Kier alpha value is -1.71. The van der Waals surface area contributed by atoms with E-state index in [1.165, 1.54) is 6.07 Å². The van der Waals surface area contributed by atoms with Crippen LogP contribution in [0, 0.1) is 5.82 Å². The molecule has 2 aromatic carbocycles. The van der Waals surface area contributed by atoms with Crippen molar-refractivity contribution >= 4 is 0 Å². The van der Waals surface area contributed by atoms with Crippen LogP contribution in [-0.2, 0) is 13.1 Å². The van der Waals surface area contributed by atoms with Crippen LogP contribution in [0.1, 0.15) is 11.1 Å². The summed E-state index contributed by atoms with van der Waals surface area (Å²) in [7, 11) is 0. The Bertz CT molecular complexity index is 523. The fourth-order valence-corrected chi connectivity index (χ4v) is 1.98. The minimum atomic E-state index is -0.256. The summed E-state index contributed by atoms with van der Waals surface area (Å²) in [6.07, 6.45) is 0. The van der Waals surface area contributed by atoms with Gasteiger partial charge in [0.1, 0.15) is 5.82 Å². The van der Waals surface area contributed by atoms with Crippen molar-refractivity contribution in [2.24, 2.45) is 11.5 Å². The fourth-order valence-electron chi connectivity index (χ4n) is 1.98. The topological polar surface area (TPSA) is 52.0 Å². The highest BCUT2D eigenvalue weighted by atomic mass is 19.1. The minimum Gasteiger partial charge on any atom is -0.326 e. The van der Waals surface area contributed by atoms with Crippen LogP contribution in [0.3, 0.4) is 0 Å². The lowest BCUT2D eigenvalue weighted by Crippen LogP contribution is -2.04. The van der Waals surface area contributed by atoms with Crippen molar-refractivity contribution in [1.29, 1.82) is 0 Å². The maximum atomic E-state index is 13.9. The molecule has 0 aliphatic heterocycles. The summed E-state index contributed by atoms with van der Waals surface area (Å²) >= 11 is 0. The highest BCUT2D eigenvalue weighted by Crippen LogP contribution is 2.29. The zero-order chi connectivity index (χ0) is 12.3. The van der Waals surface area contributed by atoms with Crippen molar-refractivity contribution < 1.29 is 4.39 Å². The molecule has 0 atom stereocenters. The average molecular weight is 230 g/mol. The maximum Gasteiger partial charge on any atom is 0.131 e. The third-order valence-electron chi connectivity index (χ3n) is 2.83. The molecule has 2 aromatic rings. The molecule has 3 heteroatoms. The molecule has 2 rings (SSSR count). The van der Waals surface area contributed by atoms with Gasteiger partial charge in [-0.2, -0.15) is 0 Å². The monoisotopic (exact) mass is 230 g/mol. The Labute approximate surface area is 100 Å². The van der Waals surface area contributed by atoms with Gasteiger partial charge in [0.2, 0.25) is 0 Å². The maximum absolute atomic E-state index is 13.9. The van der Waals surface area contributed by atoms with Crippen molar-refractivity contribution in [3.63, 3.8) is 0 Å². The second-order valence-corrected chi connectivity index (χ2v) is 3.84. The largest absolute Gasteiger partial charge is 0.326 e. The Balaban J connectivity index is 2.67. The molecule has 0 amide bonds. The average Bonchev–Trinajstić information content (AvgIpc) is 2.38. The molecule has 4 N–H and O–H groups in total. The first-order chi connectivity index (χ1) is 8.27. The van der Waals surface area contributed by atoms with Crippen LogP contribution in [0.4, 0.5) is 4.39 Å². The molecule has 17 heavy (non-hydrogen) atoms. The molecule has 0 saturated heterocycles. The molecule has 0 heterocycles. The summed E-state index contributed by atoms with van der Waals surface area (Å²) in [5.41, 5.74) is 14.4. The summed E-state index contributed by atoms with van der Waals surface area (Å²) in [5.74, 6) is -0.256. The summed E-state index contributed by atoms with van der Waals surface area (Å²) in [6, 6.07) is 12.5. The smallest absolute Gasteiger partial charge is 0.131 e. The number of halogens is 1. The van der Waals surface area contributed by atoms with Crippen LogP contribution in [0.25, 0.3) is 11.1 Å². The van der Waals surface area contributed by atoms with Gasteiger partial charge in [-0.3, -0.25) is 0 Å². The van der Waals surface area contributed by atoms with Gasteiger partial charge < -0.3 is 11.5 Å². The zero-order valence-electron chi connectivity index (χ0n) is 9.49.